The fourth-order valence-electron chi connectivity index (χ4n) is 3.92. The molecule has 0 saturated carbocycles. The molecule has 5 nitrogen and oxygen atoms in total. The fourth-order valence-corrected chi connectivity index (χ4v) is 4.05. The Bertz CT molecular complexity index is 1060. The largest absolute Gasteiger partial charge is 0.304 e. The number of nitrogens with zero attached hydrogens (tertiary/aromatic N) is 5. The number of aliphatic imine (C=N–C) groups is 1. The van der Waals surface area contributed by atoms with Crippen molar-refractivity contribution in [1.29, 1.82) is 0 Å². The number of hydrogen-bond acceptors (Lipinski definition) is 4. The van der Waals surface area contributed by atoms with Gasteiger partial charge < -0.3 is 4.90 Å². The van der Waals surface area contributed by atoms with Gasteiger partial charge >= 0.3 is 0 Å². The van der Waals surface area contributed by atoms with E-state index in [9.17, 15) is 0 Å². The molecule has 2 aromatic carbocycles. The number of piperazine rings is 1. The Hall–Kier alpha value is -2.73. The van der Waals surface area contributed by atoms with E-state index in [1.165, 1.54) is 5.56 Å². The zero-order valence-corrected chi connectivity index (χ0v) is 18.9. The van der Waals surface area contributed by atoms with Crippen LogP contribution in [0.1, 0.15) is 17.0 Å². The molecule has 0 radical (unpaired) electrons. The van der Waals surface area contributed by atoms with E-state index in [0.717, 1.165) is 61.2 Å². The van der Waals surface area contributed by atoms with E-state index in [1.54, 1.807) is 6.20 Å². The van der Waals surface area contributed by atoms with E-state index in [0.29, 0.717) is 5.02 Å². The molecule has 1 saturated heterocycles. The minimum atomic E-state index is 0.715. The van der Waals surface area contributed by atoms with Gasteiger partial charge in [0.1, 0.15) is 5.82 Å². The molecule has 4 rings (SSSR count). The molecule has 0 unspecified atom stereocenters. The molecule has 0 atom stereocenters. The summed E-state index contributed by atoms with van der Waals surface area (Å²) >= 11 is 6.11. The standard InChI is InChI=1S/C25H28ClN5/c1-19-24(12-13-27-2)28-25(31(19)23-10-8-22(26)9-11-23)21-6-4-20(5-7-21)18-30-16-14-29(3)15-17-30/h4-13H,2,14-18H2,1,3H3/b13-12-. The van der Waals surface area contributed by atoms with Crippen molar-refractivity contribution < 1.29 is 0 Å². The van der Waals surface area contributed by atoms with Gasteiger partial charge in [-0.1, -0.05) is 35.9 Å². The summed E-state index contributed by atoms with van der Waals surface area (Å²) in [6.45, 7) is 11.1. The molecule has 6 heteroatoms. The van der Waals surface area contributed by atoms with Crippen LogP contribution in [0.15, 0.2) is 59.7 Å². The maximum absolute atomic E-state index is 6.11. The van der Waals surface area contributed by atoms with Gasteiger partial charge in [0.15, 0.2) is 0 Å². The van der Waals surface area contributed by atoms with E-state index < -0.39 is 0 Å². The topological polar surface area (TPSA) is 36.7 Å². The molecule has 0 N–H and O–H groups in total. The van der Waals surface area contributed by atoms with Crippen LogP contribution in [0.4, 0.5) is 0 Å². The van der Waals surface area contributed by atoms with Gasteiger partial charge in [0.2, 0.25) is 0 Å². The van der Waals surface area contributed by atoms with E-state index in [1.807, 2.05) is 30.3 Å². The van der Waals surface area contributed by atoms with Crippen molar-refractivity contribution in [2.45, 2.75) is 13.5 Å². The Balaban J connectivity index is 1.65. The van der Waals surface area contributed by atoms with Crippen molar-refractivity contribution in [1.82, 2.24) is 19.4 Å². The fraction of sp³-hybridized carbons (Fsp3) is 0.280. The van der Waals surface area contributed by atoms with E-state index in [2.05, 4.69) is 64.3 Å². The van der Waals surface area contributed by atoms with Gasteiger partial charge in [-0.15, -0.1) is 0 Å². The van der Waals surface area contributed by atoms with Gasteiger partial charge in [0.05, 0.1) is 5.69 Å². The molecule has 1 aliphatic rings. The maximum atomic E-state index is 6.11. The summed E-state index contributed by atoms with van der Waals surface area (Å²) in [5.41, 5.74) is 5.34. The molecule has 1 fully saturated rings. The Morgan fingerprint density at radius 1 is 1.03 bits per heavy atom. The number of rotatable bonds is 6. The molecular weight excluding hydrogens is 406 g/mol. The monoisotopic (exact) mass is 433 g/mol. The Morgan fingerprint density at radius 2 is 1.71 bits per heavy atom. The van der Waals surface area contributed by atoms with E-state index in [-0.39, 0.29) is 0 Å². The molecule has 0 aliphatic carbocycles. The van der Waals surface area contributed by atoms with Crippen LogP contribution in [0.25, 0.3) is 23.2 Å². The molecular formula is C25H28ClN5. The lowest BCUT2D eigenvalue weighted by atomic mass is 10.1. The quantitative estimate of drug-likeness (QED) is 0.518. The van der Waals surface area contributed by atoms with Gasteiger partial charge in [0, 0.05) is 60.9 Å². The molecule has 2 heterocycles. The minimum Gasteiger partial charge on any atom is -0.304 e. The molecule has 0 spiro atoms. The van der Waals surface area contributed by atoms with Gasteiger partial charge in [-0.05, 0) is 56.6 Å². The smallest absolute Gasteiger partial charge is 0.145 e. The van der Waals surface area contributed by atoms with E-state index in [4.69, 9.17) is 16.6 Å². The van der Waals surface area contributed by atoms with Crippen LogP contribution in [0, 0.1) is 6.92 Å². The first-order valence-electron chi connectivity index (χ1n) is 10.5. The zero-order chi connectivity index (χ0) is 21.8. The summed E-state index contributed by atoms with van der Waals surface area (Å²) < 4.78 is 2.16. The summed E-state index contributed by atoms with van der Waals surface area (Å²) in [7, 11) is 2.19. The molecule has 1 aliphatic heterocycles. The van der Waals surface area contributed by atoms with Crippen LogP contribution >= 0.6 is 11.6 Å². The maximum Gasteiger partial charge on any atom is 0.145 e. The molecule has 1 aromatic heterocycles. The average Bonchev–Trinajstić information content (AvgIpc) is 3.11. The summed E-state index contributed by atoms with van der Waals surface area (Å²) in [4.78, 5) is 13.6. The van der Waals surface area contributed by atoms with Gasteiger partial charge in [0.25, 0.3) is 0 Å². The van der Waals surface area contributed by atoms with Crippen molar-refractivity contribution in [3.8, 4) is 17.1 Å². The Labute approximate surface area is 189 Å². The van der Waals surface area contributed by atoms with Crippen LogP contribution in [0.2, 0.25) is 5.02 Å². The molecule has 31 heavy (non-hydrogen) atoms. The number of likely N-dealkylation sites (N-methyl/N-ethyl adjacent to an activating group) is 1. The highest BCUT2D eigenvalue weighted by molar-refractivity contribution is 6.30. The average molecular weight is 434 g/mol. The van der Waals surface area contributed by atoms with Crippen LogP contribution < -0.4 is 0 Å². The van der Waals surface area contributed by atoms with Crippen LogP contribution in [0.5, 0.6) is 0 Å². The number of halogens is 1. The minimum absolute atomic E-state index is 0.715. The first-order valence-corrected chi connectivity index (χ1v) is 10.9. The van der Waals surface area contributed by atoms with Crippen LogP contribution in [-0.4, -0.2) is 59.3 Å². The van der Waals surface area contributed by atoms with Crippen molar-refractivity contribution in [3.05, 3.63) is 76.7 Å². The first kappa shape index (κ1) is 21.5. The second kappa shape index (κ2) is 9.60. The first-order chi connectivity index (χ1) is 15.0. The van der Waals surface area contributed by atoms with Gasteiger partial charge in [-0.2, -0.15) is 0 Å². The van der Waals surface area contributed by atoms with Crippen LogP contribution in [-0.2, 0) is 6.54 Å². The molecule has 3 aromatic rings. The lowest BCUT2D eigenvalue weighted by Gasteiger charge is -2.32. The third-order valence-corrected chi connectivity index (χ3v) is 6.03. The van der Waals surface area contributed by atoms with Crippen molar-refractivity contribution in [2.24, 2.45) is 4.99 Å². The number of benzene rings is 2. The highest BCUT2D eigenvalue weighted by atomic mass is 35.5. The summed E-state index contributed by atoms with van der Waals surface area (Å²) in [5, 5.41) is 0.715. The van der Waals surface area contributed by atoms with E-state index >= 15 is 0 Å². The van der Waals surface area contributed by atoms with Crippen molar-refractivity contribution in [3.63, 3.8) is 0 Å². The normalized spacial score (nSPS) is 15.6. The van der Waals surface area contributed by atoms with Crippen LogP contribution in [0.3, 0.4) is 0 Å². The number of aromatic nitrogens is 2. The Morgan fingerprint density at radius 3 is 2.35 bits per heavy atom. The number of hydrogen-bond donors (Lipinski definition) is 0. The zero-order valence-electron chi connectivity index (χ0n) is 18.1. The summed E-state index contributed by atoms with van der Waals surface area (Å²) in [5.74, 6) is 0.898. The molecule has 160 valence electrons. The van der Waals surface area contributed by atoms with Crippen molar-refractivity contribution >= 4 is 24.4 Å². The summed E-state index contributed by atoms with van der Waals surface area (Å²) in [6.07, 6.45) is 3.56. The molecule has 0 amide bonds. The second-order valence-electron chi connectivity index (χ2n) is 7.99. The third kappa shape index (κ3) is 4.96. The lowest BCUT2D eigenvalue weighted by molar-refractivity contribution is 0.148. The second-order valence-corrected chi connectivity index (χ2v) is 8.43. The van der Waals surface area contributed by atoms with Gasteiger partial charge in [-0.25, -0.2) is 4.98 Å². The predicted octanol–water partition coefficient (Wildman–Crippen LogP) is 4.92. The van der Waals surface area contributed by atoms with Crippen molar-refractivity contribution in [2.75, 3.05) is 33.2 Å². The SMILES string of the molecule is C=N/C=C\c1nc(-c2ccc(CN3CCN(C)CC3)cc2)n(-c2ccc(Cl)cc2)c1C. The highest BCUT2D eigenvalue weighted by Crippen LogP contribution is 2.28. The third-order valence-electron chi connectivity index (χ3n) is 5.78. The lowest BCUT2D eigenvalue weighted by Crippen LogP contribution is -2.43. The summed E-state index contributed by atoms with van der Waals surface area (Å²) in [6, 6.07) is 16.6. The molecule has 0 bridgehead atoms. The van der Waals surface area contributed by atoms with Gasteiger partial charge in [-0.3, -0.25) is 14.5 Å². The predicted molar refractivity (Wildman–Crippen MR) is 130 cm³/mol. The Kier molecular flexibility index (Phi) is 6.66. The highest BCUT2D eigenvalue weighted by Gasteiger charge is 2.17. The number of imidazole rings is 1.